The minimum atomic E-state index is -4.74. The van der Waals surface area contributed by atoms with Gasteiger partial charge in [-0.1, -0.05) is 0 Å². The van der Waals surface area contributed by atoms with Gasteiger partial charge in [0, 0.05) is 19.0 Å². The van der Waals surface area contributed by atoms with Crippen molar-refractivity contribution in [2.24, 2.45) is 0 Å². The Morgan fingerprint density at radius 3 is 2.27 bits per heavy atom. The maximum Gasteiger partial charge on any atom is 0.522 e. The fourth-order valence-electron chi connectivity index (χ4n) is 4.12. The molecule has 0 spiro atoms. The Balaban J connectivity index is 1.18. The number of nitrogens with zero attached hydrogens (tertiary/aromatic N) is 3. The summed E-state index contributed by atoms with van der Waals surface area (Å²) in [4.78, 5) is 13.6. The maximum absolute atomic E-state index is 12.3. The smallest absolute Gasteiger partial charge is 0.422 e. The molecule has 1 aromatic heterocycles. The van der Waals surface area contributed by atoms with Gasteiger partial charge >= 0.3 is 18.8 Å². The summed E-state index contributed by atoms with van der Waals surface area (Å²) >= 11 is 0. The number of ether oxygens (including phenoxy) is 3. The Bertz CT molecular complexity index is 820. The van der Waals surface area contributed by atoms with Gasteiger partial charge in [0.2, 0.25) is 11.8 Å². The number of alkyl halides is 6. The van der Waals surface area contributed by atoms with E-state index in [4.69, 9.17) is 9.15 Å². The van der Waals surface area contributed by atoms with E-state index in [1.807, 2.05) is 0 Å². The van der Waals surface area contributed by atoms with Crippen LogP contribution in [0.5, 0.6) is 0 Å². The number of hydrogen-bond acceptors (Lipinski definition) is 7. The van der Waals surface area contributed by atoms with E-state index in [9.17, 15) is 31.1 Å². The SMILES string of the molecule is O=C(N[C@@H]1CC[C@@H](c2nnc([C@H]3C[C@@H](OC(F)(F)F)C3)o2)OC1)N1CCC(OC(F)(F)F)C1. The quantitative estimate of drug-likeness (QED) is 0.635. The second-order valence-corrected chi connectivity index (χ2v) is 8.30. The van der Waals surface area contributed by atoms with Gasteiger partial charge in [-0.15, -0.1) is 36.5 Å². The first-order valence-electron chi connectivity index (χ1n) is 10.4. The molecule has 33 heavy (non-hydrogen) atoms. The van der Waals surface area contributed by atoms with Gasteiger partial charge in [-0.3, -0.25) is 9.47 Å². The van der Waals surface area contributed by atoms with Crippen LogP contribution in [0.2, 0.25) is 0 Å². The first-order valence-corrected chi connectivity index (χ1v) is 10.4. The molecule has 1 saturated carbocycles. The van der Waals surface area contributed by atoms with Crippen LogP contribution in [0, 0.1) is 0 Å². The van der Waals surface area contributed by atoms with Crippen molar-refractivity contribution in [3.63, 3.8) is 0 Å². The Morgan fingerprint density at radius 1 is 0.970 bits per heavy atom. The first-order chi connectivity index (χ1) is 15.4. The van der Waals surface area contributed by atoms with E-state index in [-0.39, 0.29) is 62.7 Å². The lowest BCUT2D eigenvalue weighted by molar-refractivity contribution is -0.352. The minimum Gasteiger partial charge on any atom is -0.422 e. The van der Waals surface area contributed by atoms with E-state index in [2.05, 4.69) is 25.0 Å². The highest BCUT2D eigenvalue weighted by molar-refractivity contribution is 5.74. The summed E-state index contributed by atoms with van der Waals surface area (Å²) in [6.07, 6.45) is -10.6. The molecule has 2 aliphatic heterocycles. The van der Waals surface area contributed by atoms with Gasteiger partial charge in [0.05, 0.1) is 24.9 Å². The summed E-state index contributed by atoms with van der Waals surface area (Å²) in [6.45, 7) is 0.140. The molecular formula is C18H22F6N4O5. The van der Waals surface area contributed by atoms with Crippen LogP contribution < -0.4 is 5.32 Å². The number of nitrogens with one attached hydrogen (secondary N) is 1. The molecule has 3 aliphatic rings. The molecule has 1 unspecified atom stereocenters. The van der Waals surface area contributed by atoms with E-state index in [0.29, 0.717) is 12.8 Å². The lowest BCUT2D eigenvalue weighted by Crippen LogP contribution is -2.47. The highest BCUT2D eigenvalue weighted by Gasteiger charge is 2.43. The second kappa shape index (κ2) is 9.25. The summed E-state index contributed by atoms with van der Waals surface area (Å²) in [7, 11) is 0. The van der Waals surface area contributed by atoms with Crippen LogP contribution in [-0.2, 0) is 14.2 Å². The van der Waals surface area contributed by atoms with Crippen LogP contribution in [0.15, 0.2) is 4.42 Å². The Kier molecular flexibility index (Phi) is 6.73. The van der Waals surface area contributed by atoms with Crippen LogP contribution in [0.4, 0.5) is 31.1 Å². The largest absolute Gasteiger partial charge is 0.522 e. The summed E-state index contributed by atoms with van der Waals surface area (Å²) in [5.41, 5.74) is 0. The van der Waals surface area contributed by atoms with Crippen LogP contribution in [0.3, 0.4) is 0 Å². The number of rotatable bonds is 5. The molecule has 1 aliphatic carbocycles. The predicted octanol–water partition coefficient (Wildman–Crippen LogP) is 3.39. The van der Waals surface area contributed by atoms with Gasteiger partial charge in [0.1, 0.15) is 6.10 Å². The van der Waals surface area contributed by atoms with Crippen molar-refractivity contribution in [2.45, 2.75) is 75.1 Å². The zero-order valence-electron chi connectivity index (χ0n) is 17.2. The fraction of sp³-hybridized carbons (Fsp3) is 0.833. The number of urea groups is 1. The van der Waals surface area contributed by atoms with E-state index >= 15 is 0 Å². The normalized spacial score (nSPS) is 30.8. The van der Waals surface area contributed by atoms with Crippen LogP contribution in [-0.4, -0.2) is 71.8 Å². The van der Waals surface area contributed by atoms with Gasteiger partial charge in [-0.2, -0.15) is 0 Å². The average Bonchev–Trinajstić information content (AvgIpc) is 3.33. The molecule has 3 fully saturated rings. The monoisotopic (exact) mass is 488 g/mol. The number of hydrogen-bond donors (Lipinski definition) is 1. The Hall–Kier alpha value is -2.13. The van der Waals surface area contributed by atoms with Crippen molar-refractivity contribution in [2.75, 3.05) is 19.7 Å². The van der Waals surface area contributed by atoms with Gasteiger partial charge in [0.25, 0.3) is 0 Å². The van der Waals surface area contributed by atoms with E-state index < -0.39 is 37.1 Å². The molecule has 2 amide bonds. The third-order valence-corrected chi connectivity index (χ3v) is 5.81. The third-order valence-electron chi connectivity index (χ3n) is 5.81. The molecule has 0 radical (unpaired) electrons. The second-order valence-electron chi connectivity index (χ2n) is 8.30. The zero-order chi connectivity index (χ0) is 23.8. The van der Waals surface area contributed by atoms with Crippen LogP contribution in [0.1, 0.15) is 55.9 Å². The van der Waals surface area contributed by atoms with E-state index in [1.54, 1.807) is 0 Å². The summed E-state index contributed by atoms with van der Waals surface area (Å²) in [6, 6.07) is -0.832. The molecule has 4 rings (SSSR count). The number of carbonyl (C=O) groups is 1. The lowest BCUT2D eigenvalue weighted by atomic mass is 9.82. The highest BCUT2D eigenvalue weighted by Crippen LogP contribution is 2.41. The number of likely N-dealkylation sites (tertiary alicyclic amines) is 1. The van der Waals surface area contributed by atoms with Crippen LogP contribution in [0.25, 0.3) is 0 Å². The summed E-state index contributed by atoms with van der Waals surface area (Å²) in [5, 5.41) is 10.6. The molecule has 9 nitrogen and oxygen atoms in total. The van der Waals surface area contributed by atoms with E-state index in [0.717, 1.165) is 0 Å². The number of amides is 2. The van der Waals surface area contributed by atoms with Gasteiger partial charge in [0.15, 0.2) is 0 Å². The number of halogens is 6. The number of carbonyl (C=O) groups excluding carboxylic acids is 1. The Labute approximate surface area is 183 Å². The van der Waals surface area contributed by atoms with Crippen molar-refractivity contribution in [1.82, 2.24) is 20.4 Å². The molecule has 0 aromatic carbocycles. The predicted molar refractivity (Wildman–Crippen MR) is 94.6 cm³/mol. The molecule has 3 atom stereocenters. The van der Waals surface area contributed by atoms with Crippen molar-refractivity contribution >= 4 is 6.03 Å². The van der Waals surface area contributed by atoms with Crippen molar-refractivity contribution in [1.29, 1.82) is 0 Å². The standard InChI is InChI=1S/C18H22F6N4O5/c19-17(20,21)32-11-3-4-28(7-11)16(29)25-10-1-2-13(30-8-10)15-27-26-14(31-15)9-5-12(6-9)33-18(22,23)24/h9-13H,1-8H2,(H,25,29)/t9-,10-,11?,12+,13+/m1/s1. The average molecular weight is 488 g/mol. The molecule has 3 heterocycles. The summed E-state index contributed by atoms with van der Waals surface area (Å²) < 4.78 is 92.7. The van der Waals surface area contributed by atoms with Gasteiger partial charge in [-0.25, -0.2) is 4.79 Å². The van der Waals surface area contributed by atoms with Crippen molar-refractivity contribution in [3.05, 3.63) is 11.8 Å². The maximum atomic E-state index is 12.3. The molecule has 186 valence electrons. The first kappa shape index (κ1) is 24.0. The lowest BCUT2D eigenvalue weighted by Gasteiger charge is -2.33. The third kappa shape index (κ3) is 6.47. The molecule has 0 bridgehead atoms. The fourth-order valence-corrected chi connectivity index (χ4v) is 4.12. The summed E-state index contributed by atoms with van der Waals surface area (Å²) in [5.74, 6) is 0.136. The van der Waals surface area contributed by atoms with Crippen molar-refractivity contribution in [3.8, 4) is 0 Å². The topological polar surface area (TPSA) is 99.0 Å². The number of aromatic nitrogens is 2. The van der Waals surface area contributed by atoms with Gasteiger partial charge in [-0.05, 0) is 32.1 Å². The molecule has 1 N–H and O–H groups in total. The van der Waals surface area contributed by atoms with E-state index in [1.165, 1.54) is 4.90 Å². The molecule has 1 aromatic rings. The molecular weight excluding hydrogens is 466 g/mol. The highest BCUT2D eigenvalue weighted by atomic mass is 19.4. The van der Waals surface area contributed by atoms with Crippen LogP contribution >= 0.6 is 0 Å². The van der Waals surface area contributed by atoms with Gasteiger partial charge < -0.3 is 19.4 Å². The zero-order valence-corrected chi connectivity index (χ0v) is 17.2. The molecule has 15 heteroatoms. The molecule has 2 saturated heterocycles. The minimum absolute atomic E-state index is 0.0970. The van der Waals surface area contributed by atoms with Crippen molar-refractivity contribution < 1.29 is 49.8 Å². The Morgan fingerprint density at radius 2 is 1.64 bits per heavy atom.